The van der Waals surface area contributed by atoms with Gasteiger partial charge in [-0.05, 0) is 138 Å². The number of amides is 1. The molecule has 42 heteroatoms. The minimum Gasteiger partial charge on any atom is -0.474 e. The third kappa shape index (κ3) is 25.6. The molecule has 8 aromatic heterocycles. The van der Waals surface area contributed by atoms with Crippen LogP contribution in [0.2, 0.25) is 0 Å². The smallest absolute Gasteiger partial charge is 0.410 e. The van der Waals surface area contributed by atoms with Crippen LogP contribution in [0.4, 0.5) is 134 Å². The van der Waals surface area contributed by atoms with Crippen LogP contribution in [-0.2, 0) is 9.47 Å². The minimum absolute atomic E-state index is 0.00464. The molecule has 3 aliphatic rings. The van der Waals surface area contributed by atoms with Gasteiger partial charge in [0.05, 0.1) is 42.1 Å². The predicted molar refractivity (Wildman–Crippen MR) is 455 cm³/mol. The molecular weight excluding hydrogens is 1620 g/mol. The number of nitrogens with two attached hydrogens (primary N) is 4. The summed E-state index contributed by atoms with van der Waals surface area (Å²) in [6, 6.07) is 25.8. The zero-order valence-corrected chi connectivity index (χ0v) is 69.2. The molecule has 5 atom stereocenters. The summed E-state index contributed by atoms with van der Waals surface area (Å²) in [5.41, 5.74) is 26.9. The highest BCUT2D eigenvalue weighted by Gasteiger charge is 2.30. The standard InChI is InChI=1S/C25H32F2N8O2.C20H24F2N8.C19H21F2N7O.C18H21F2N7O/c1-14(17-6-5-16(26)11-18(17)27)29-20-13-21(32-23(28)31-20)30-22-12-19(33-34-22)15-7-9-35(10-8-15)24(36)37-25(2,3)4;1-11(14-3-2-13(21)8-15(14)22)25-17-10-18(28-20(23)27-17)26-19-9-16(29-30-19)12-4-6-24-7-5-12;1-10(12-5-4-11(20)7-13(12)21)23-16-9-17(26-19(22)25-16)24-18-8-14(27-28-18)15-3-2-6-29-15;1-9(2)28-17-8-16(26-27-17)23-15-7-14(24-18(21)25-15)22-10(3)12-5-4-11(19)6-13(12)20/h5-6,11-15H,7-10H2,1-4H3,(H5,28,29,30,31,32,33,34);2-3,8-12,24H,4-7H2,1H3,(H5,23,25,26,27,28,29,30);4-5,7-10,15H,2-3,6H2,1H3,(H5,22,23,24,25,26,27,28);4-10H,1-3H3,(H5,21,22,23,24,25,26,27). The van der Waals surface area contributed by atoms with Gasteiger partial charge in [0.1, 0.15) is 104 Å². The largest absolute Gasteiger partial charge is 0.474 e. The summed E-state index contributed by atoms with van der Waals surface area (Å²) in [5, 5.41) is 56.7. The molecule has 3 saturated heterocycles. The van der Waals surface area contributed by atoms with Gasteiger partial charge in [0, 0.05) is 138 Å². The topological polar surface area (TPSA) is 478 Å². The van der Waals surface area contributed by atoms with Crippen LogP contribution in [0.15, 0.2) is 121 Å². The van der Waals surface area contributed by atoms with Gasteiger partial charge in [-0.2, -0.15) is 55.2 Å². The average Bonchev–Trinajstić information content (AvgIpc) is 1.58. The molecule has 124 heavy (non-hydrogen) atoms. The molecule has 0 aliphatic carbocycles. The first-order valence-electron chi connectivity index (χ1n) is 39.9. The number of aromatic nitrogens is 16. The van der Waals surface area contributed by atoms with Gasteiger partial charge in [-0.3, -0.25) is 20.4 Å². The van der Waals surface area contributed by atoms with Gasteiger partial charge in [0.15, 0.2) is 17.5 Å². The Bertz CT molecular complexity index is 5580. The summed E-state index contributed by atoms with van der Waals surface area (Å²) in [4.78, 5) is 47.2. The number of rotatable bonds is 25. The molecule has 4 aromatic carbocycles. The molecule has 0 radical (unpaired) electrons. The molecule has 0 spiro atoms. The maximum Gasteiger partial charge on any atom is 0.410 e. The molecule has 656 valence electrons. The van der Waals surface area contributed by atoms with E-state index >= 15 is 0 Å². The number of likely N-dealkylation sites (tertiary alicyclic amines) is 1. The van der Waals surface area contributed by atoms with E-state index in [1.54, 1.807) is 62.9 Å². The predicted octanol–water partition coefficient (Wildman–Crippen LogP) is 16.1. The van der Waals surface area contributed by atoms with Gasteiger partial charge in [-0.25, -0.2) is 39.9 Å². The maximum absolute atomic E-state index is 14.1. The molecule has 3 aliphatic heterocycles. The Labute approximate surface area is 707 Å². The number of carbonyl (C=O) groups excluding carboxylic acids is 1. The molecule has 1 amide bonds. The third-order valence-electron chi connectivity index (χ3n) is 19.5. The lowest BCUT2D eigenvalue weighted by molar-refractivity contribution is 0.0203. The van der Waals surface area contributed by atoms with Gasteiger partial charge in [-0.15, -0.1) is 5.10 Å². The fraction of sp³-hybridized carbons (Fsp3) is 0.354. The molecule has 0 saturated carbocycles. The number of hydrogen-bond donors (Lipinski definition) is 17. The van der Waals surface area contributed by atoms with E-state index in [1.165, 1.54) is 48.5 Å². The Balaban J connectivity index is 0.000000152. The number of carbonyl (C=O) groups is 1. The van der Waals surface area contributed by atoms with E-state index in [4.69, 9.17) is 37.1 Å². The number of anilines is 16. The van der Waals surface area contributed by atoms with E-state index in [9.17, 15) is 39.9 Å². The second-order valence-electron chi connectivity index (χ2n) is 30.8. The monoisotopic (exact) mass is 1720 g/mol. The fourth-order valence-corrected chi connectivity index (χ4v) is 13.7. The summed E-state index contributed by atoms with van der Waals surface area (Å²) < 4.78 is 125. The summed E-state index contributed by atoms with van der Waals surface area (Å²) in [7, 11) is 0. The Hall–Kier alpha value is -13.9. The zero-order valence-electron chi connectivity index (χ0n) is 69.2. The van der Waals surface area contributed by atoms with E-state index in [0.29, 0.717) is 117 Å². The lowest BCUT2D eigenvalue weighted by Gasteiger charge is -2.33. The van der Waals surface area contributed by atoms with E-state index in [0.717, 1.165) is 99.6 Å². The second-order valence-corrected chi connectivity index (χ2v) is 30.8. The third-order valence-corrected chi connectivity index (χ3v) is 19.5. The molecule has 12 aromatic rings. The quantitative estimate of drug-likeness (QED) is 0.0236. The number of piperidine rings is 2. The number of H-pyrrole nitrogens is 4. The van der Waals surface area contributed by atoms with Crippen LogP contribution < -0.4 is 75.5 Å². The lowest BCUT2D eigenvalue weighted by Crippen LogP contribution is -2.41. The van der Waals surface area contributed by atoms with Crippen molar-refractivity contribution in [2.45, 2.75) is 155 Å². The normalized spacial score (nSPS) is 15.1. The van der Waals surface area contributed by atoms with Crippen LogP contribution in [0.3, 0.4) is 0 Å². The Kier molecular flexibility index (Phi) is 29.3. The molecule has 3 fully saturated rings. The van der Waals surface area contributed by atoms with Crippen molar-refractivity contribution in [2.24, 2.45) is 0 Å². The maximum atomic E-state index is 14.1. The van der Waals surface area contributed by atoms with Gasteiger partial charge < -0.3 is 89.9 Å². The first-order chi connectivity index (χ1) is 59.2. The zero-order chi connectivity index (χ0) is 88.5. The summed E-state index contributed by atoms with van der Waals surface area (Å²) in [6.07, 6.45) is 5.40. The Morgan fingerprint density at radius 2 is 0.774 bits per heavy atom. The van der Waals surface area contributed by atoms with Gasteiger partial charge in [-0.1, -0.05) is 24.3 Å². The highest BCUT2D eigenvalue weighted by atomic mass is 19.2. The number of nitrogens with one attached hydrogen (secondary N) is 13. The van der Waals surface area contributed by atoms with Crippen LogP contribution in [-0.4, -0.2) is 136 Å². The summed E-state index contributed by atoms with van der Waals surface area (Å²) in [5.74, 6) is 1.73. The molecule has 11 heterocycles. The molecular formula is C82H98F8N30O4. The number of nitrogen functional groups attached to an aromatic ring is 4. The van der Waals surface area contributed by atoms with Crippen molar-refractivity contribution in [1.29, 1.82) is 0 Å². The highest BCUT2D eigenvalue weighted by molar-refractivity contribution is 5.68. The first-order valence-corrected chi connectivity index (χ1v) is 39.9. The SMILES string of the molecule is CC(C)Oc1cc(Nc2cc(NC(C)c3ccc(F)cc3F)nc(N)n2)[nH]n1.CC(Nc1cc(Nc2cc(C3CCCO3)[nH]n2)nc(N)n1)c1ccc(F)cc1F.CC(Nc1cc(Nc2cc(C3CCN(C(=O)OC(C)(C)C)CC3)[nH]n2)nc(N)n1)c1ccc(F)cc1F.CC(Nc1cc(Nc2cc(C3CCNCC3)[nH]n2)nc(N)n1)c1ccc(F)cc1F. The van der Waals surface area contributed by atoms with Crippen LogP contribution >= 0.6 is 0 Å². The van der Waals surface area contributed by atoms with Crippen molar-refractivity contribution in [3.05, 3.63) is 207 Å². The number of aromatic amines is 4. The molecule has 21 N–H and O–H groups in total. The van der Waals surface area contributed by atoms with Crippen molar-refractivity contribution in [3.8, 4) is 5.88 Å². The minimum atomic E-state index is -0.652. The number of halogens is 8. The summed E-state index contributed by atoms with van der Waals surface area (Å²) in [6.45, 7) is 20.3. The van der Waals surface area contributed by atoms with E-state index < -0.39 is 76.3 Å². The van der Waals surface area contributed by atoms with Crippen molar-refractivity contribution in [1.82, 2.24) is 90.9 Å². The van der Waals surface area contributed by atoms with Crippen LogP contribution in [0.1, 0.15) is 182 Å². The van der Waals surface area contributed by atoms with Crippen LogP contribution in [0.5, 0.6) is 5.88 Å². The number of nitrogens with zero attached hydrogens (tertiary/aromatic N) is 13. The van der Waals surface area contributed by atoms with Crippen molar-refractivity contribution >= 4 is 99.7 Å². The highest BCUT2D eigenvalue weighted by Crippen LogP contribution is 2.35. The Morgan fingerprint density at radius 1 is 0.427 bits per heavy atom. The van der Waals surface area contributed by atoms with Crippen LogP contribution in [0, 0.1) is 46.5 Å². The van der Waals surface area contributed by atoms with E-state index in [-0.39, 0.29) is 48.0 Å². The van der Waals surface area contributed by atoms with E-state index in [1.807, 2.05) is 52.8 Å². The molecule has 15 rings (SSSR count). The van der Waals surface area contributed by atoms with Gasteiger partial charge >= 0.3 is 6.09 Å². The number of benzene rings is 4. The number of hydrogen-bond acceptors (Lipinski definition) is 29. The van der Waals surface area contributed by atoms with Crippen molar-refractivity contribution in [2.75, 3.05) is 98.3 Å². The summed E-state index contributed by atoms with van der Waals surface area (Å²) >= 11 is 0. The Morgan fingerprint density at radius 3 is 1.12 bits per heavy atom. The number of ether oxygens (including phenoxy) is 3. The molecule has 5 unspecified atom stereocenters. The van der Waals surface area contributed by atoms with E-state index in [2.05, 4.69) is 129 Å². The fourth-order valence-electron chi connectivity index (χ4n) is 13.7. The van der Waals surface area contributed by atoms with Gasteiger partial charge in [0.2, 0.25) is 29.7 Å². The molecule has 0 bridgehead atoms. The van der Waals surface area contributed by atoms with Crippen molar-refractivity contribution in [3.63, 3.8) is 0 Å². The van der Waals surface area contributed by atoms with Crippen molar-refractivity contribution < 1.29 is 54.1 Å². The molecule has 34 nitrogen and oxygen atoms in total. The van der Waals surface area contributed by atoms with Gasteiger partial charge in [0.25, 0.3) is 0 Å². The van der Waals surface area contributed by atoms with Crippen LogP contribution in [0.25, 0.3) is 0 Å². The average molecular weight is 1720 g/mol. The lowest BCUT2D eigenvalue weighted by atomic mass is 9.94. The first kappa shape index (κ1) is 89.3. The second kappa shape index (κ2) is 40.6.